The summed E-state index contributed by atoms with van der Waals surface area (Å²) in [6.07, 6.45) is 8.55. The summed E-state index contributed by atoms with van der Waals surface area (Å²) in [4.78, 5) is 34.7. The maximum absolute atomic E-state index is 12.4. The fraction of sp³-hybridized carbons (Fsp3) is 0.545. The number of unbranched alkanes of at least 4 members (excludes halogenated alkanes) is 6. The average molecular weight is 421 g/mol. The first-order valence-corrected chi connectivity index (χ1v) is 10.5. The quantitative estimate of drug-likeness (QED) is 0.0968. The first kappa shape index (κ1) is 25.1. The minimum Gasteiger partial charge on any atom is -0.462 e. The number of nitro groups is 1. The van der Waals surface area contributed by atoms with Crippen LogP contribution in [0.5, 0.6) is 5.75 Å². The summed E-state index contributed by atoms with van der Waals surface area (Å²) < 4.78 is 15.8. The smallest absolute Gasteiger partial charge is 0.374 e. The van der Waals surface area contributed by atoms with Gasteiger partial charge in [0.2, 0.25) is 5.76 Å². The van der Waals surface area contributed by atoms with E-state index in [0.29, 0.717) is 6.42 Å². The molecule has 0 radical (unpaired) electrons. The molecule has 8 nitrogen and oxygen atoms in total. The van der Waals surface area contributed by atoms with Crippen molar-refractivity contribution < 1.29 is 28.7 Å². The van der Waals surface area contributed by atoms with Crippen LogP contribution in [0.25, 0.3) is 0 Å². The Labute approximate surface area is 177 Å². The molecule has 0 bridgehead atoms. The lowest BCUT2D eigenvalue weighted by molar-refractivity contribution is -0.384. The Morgan fingerprint density at radius 2 is 1.47 bits per heavy atom. The maximum atomic E-state index is 12.4. The van der Waals surface area contributed by atoms with Crippen molar-refractivity contribution in [2.24, 2.45) is 0 Å². The van der Waals surface area contributed by atoms with Gasteiger partial charge in [-0.15, -0.1) is 0 Å². The second-order valence-corrected chi connectivity index (χ2v) is 6.79. The number of ether oxygens (including phenoxy) is 3. The molecular weight excluding hydrogens is 390 g/mol. The molecule has 0 N–H and O–H groups in total. The zero-order valence-corrected chi connectivity index (χ0v) is 17.8. The highest BCUT2D eigenvalue weighted by Crippen LogP contribution is 2.20. The van der Waals surface area contributed by atoms with Gasteiger partial charge in [0.05, 0.1) is 24.2 Å². The summed E-state index contributed by atoms with van der Waals surface area (Å²) >= 11 is 0. The van der Waals surface area contributed by atoms with Crippen LogP contribution in [-0.2, 0) is 19.1 Å². The van der Waals surface area contributed by atoms with Crippen molar-refractivity contribution in [3.8, 4) is 5.75 Å². The molecule has 0 saturated heterocycles. The van der Waals surface area contributed by atoms with Crippen LogP contribution in [0, 0.1) is 10.1 Å². The normalized spacial score (nSPS) is 11.1. The van der Waals surface area contributed by atoms with Crippen LogP contribution >= 0.6 is 0 Å². The highest BCUT2D eigenvalue weighted by atomic mass is 16.6. The van der Waals surface area contributed by atoms with Crippen molar-refractivity contribution >= 4 is 17.6 Å². The molecule has 0 spiro atoms. The highest BCUT2D eigenvalue weighted by molar-refractivity contribution is 5.95. The number of esters is 2. The van der Waals surface area contributed by atoms with Gasteiger partial charge in [0.1, 0.15) is 5.75 Å². The number of hydrogen-bond acceptors (Lipinski definition) is 7. The van der Waals surface area contributed by atoms with Crippen molar-refractivity contribution in [2.45, 2.75) is 65.2 Å². The summed E-state index contributed by atoms with van der Waals surface area (Å²) in [6.45, 7) is 4.64. The molecule has 0 saturated carbocycles. The van der Waals surface area contributed by atoms with Crippen LogP contribution in [0.3, 0.4) is 0 Å². The lowest BCUT2D eigenvalue weighted by Gasteiger charge is -2.10. The Morgan fingerprint density at radius 1 is 0.900 bits per heavy atom. The number of carbonyl (C=O) groups is 2. The third-order valence-electron chi connectivity index (χ3n) is 4.20. The Bertz CT molecular complexity index is 698. The standard InChI is InChI=1S/C22H31NO7/c1-3-5-7-9-15-28-21(24)17-20(22(25)29-16-10-8-6-4-2)30-19-13-11-18(12-14-19)23(26)27/h11-14,17H,3-10,15-16H2,1-2H3/b20-17-. The number of nitrogens with zero attached hydrogens (tertiary/aromatic N) is 1. The number of hydrogen-bond donors (Lipinski definition) is 0. The molecule has 0 heterocycles. The SMILES string of the molecule is CCCCCCOC(=O)/C=C(\Oc1ccc([N+](=O)[O-])cc1)C(=O)OCCCCCC. The fourth-order valence-electron chi connectivity index (χ4n) is 2.51. The van der Waals surface area contributed by atoms with Crippen molar-refractivity contribution in [2.75, 3.05) is 13.2 Å². The molecule has 0 atom stereocenters. The van der Waals surface area contributed by atoms with E-state index >= 15 is 0 Å². The van der Waals surface area contributed by atoms with Crippen LogP contribution in [0.1, 0.15) is 65.2 Å². The van der Waals surface area contributed by atoms with Crippen molar-refractivity contribution in [3.05, 3.63) is 46.2 Å². The molecule has 0 aliphatic carbocycles. The van der Waals surface area contributed by atoms with Crippen molar-refractivity contribution in [3.63, 3.8) is 0 Å². The largest absolute Gasteiger partial charge is 0.462 e. The predicted molar refractivity (Wildman–Crippen MR) is 112 cm³/mol. The molecule has 0 fully saturated rings. The molecule has 8 heteroatoms. The van der Waals surface area contributed by atoms with Crippen LogP contribution in [0.4, 0.5) is 5.69 Å². The first-order valence-electron chi connectivity index (χ1n) is 10.5. The van der Waals surface area contributed by atoms with Crippen molar-refractivity contribution in [1.82, 2.24) is 0 Å². The van der Waals surface area contributed by atoms with Crippen molar-refractivity contribution in [1.29, 1.82) is 0 Å². The summed E-state index contributed by atoms with van der Waals surface area (Å²) in [5.41, 5.74) is -0.113. The van der Waals surface area contributed by atoms with Crippen LogP contribution in [-0.4, -0.2) is 30.1 Å². The second-order valence-electron chi connectivity index (χ2n) is 6.79. The molecular formula is C22H31NO7. The van der Waals surface area contributed by atoms with Gasteiger partial charge in [0, 0.05) is 12.1 Å². The predicted octanol–water partition coefficient (Wildman–Crippen LogP) is 5.10. The average Bonchev–Trinajstić information content (AvgIpc) is 2.73. The maximum Gasteiger partial charge on any atom is 0.374 e. The highest BCUT2D eigenvalue weighted by Gasteiger charge is 2.17. The summed E-state index contributed by atoms with van der Waals surface area (Å²) in [5.74, 6) is -1.64. The fourth-order valence-corrected chi connectivity index (χ4v) is 2.51. The lowest BCUT2D eigenvalue weighted by atomic mass is 10.2. The first-order chi connectivity index (χ1) is 14.5. The molecule has 30 heavy (non-hydrogen) atoms. The Hall–Kier alpha value is -2.90. The second kappa shape index (κ2) is 15.0. The molecule has 166 valence electrons. The lowest BCUT2D eigenvalue weighted by Crippen LogP contribution is -2.16. The zero-order valence-electron chi connectivity index (χ0n) is 17.8. The molecule has 1 rings (SSSR count). The monoisotopic (exact) mass is 421 g/mol. The van der Waals surface area contributed by atoms with Gasteiger partial charge in [0.15, 0.2) is 0 Å². The van der Waals surface area contributed by atoms with E-state index in [4.69, 9.17) is 14.2 Å². The Balaban J connectivity index is 2.75. The van der Waals surface area contributed by atoms with Gasteiger partial charge >= 0.3 is 11.9 Å². The molecule has 1 aromatic rings. The number of carbonyl (C=O) groups excluding carboxylic acids is 2. The minimum atomic E-state index is -0.784. The van der Waals surface area contributed by atoms with Gasteiger partial charge in [-0.1, -0.05) is 52.4 Å². The van der Waals surface area contributed by atoms with E-state index in [0.717, 1.165) is 51.0 Å². The van der Waals surface area contributed by atoms with E-state index in [1.54, 1.807) is 0 Å². The van der Waals surface area contributed by atoms with Crippen LogP contribution < -0.4 is 4.74 Å². The Morgan fingerprint density at radius 3 is 2.00 bits per heavy atom. The zero-order chi connectivity index (χ0) is 22.2. The van der Waals surface area contributed by atoms with Crippen LogP contribution in [0.15, 0.2) is 36.1 Å². The van der Waals surface area contributed by atoms with E-state index in [-0.39, 0.29) is 30.4 Å². The van der Waals surface area contributed by atoms with Gasteiger partial charge in [-0.3, -0.25) is 10.1 Å². The van der Waals surface area contributed by atoms with Gasteiger partial charge < -0.3 is 14.2 Å². The van der Waals surface area contributed by atoms with Gasteiger partial charge in [-0.05, 0) is 25.0 Å². The summed E-state index contributed by atoms with van der Waals surface area (Å²) in [7, 11) is 0. The molecule has 0 amide bonds. The number of benzene rings is 1. The van der Waals surface area contributed by atoms with E-state index < -0.39 is 16.9 Å². The summed E-state index contributed by atoms with van der Waals surface area (Å²) in [6, 6.07) is 5.18. The van der Waals surface area contributed by atoms with E-state index in [2.05, 4.69) is 13.8 Å². The minimum absolute atomic E-state index is 0.113. The van der Waals surface area contributed by atoms with E-state index in [1.807, 2.05) is 0 Å². The number of non-ortho nitro benzene ring substituents is 1. The third kappa shape index (κ3) is 10.6. The van der Waals surface area contributed by atoms with E-state index in [9.17, 15) is 19.7 Å². The molecule has 0 aliphatic heterocycles. The topological polar surface area (TPSA) is 105 Å². The number of rotatable bonds is 15. The van der Waals surface area contributed by atoms with Gasteiger partial charge in [0.25, 0.3) is 5.69 Å². The van der Waals surface area contributed by atoms with Crippen LogP contribution in [0.2, 0.25) is 0 Å². The summed E-state index contributed by atoms with van der Waals surface area (Å²) in [5, 5.41) is 10.8. The van der Waals surface area contributed by atoms with Gasteiger partial charge in [-0.2, -0.15) is 0 Å². The third-order valence-corrected chi connectivity index (χ3v) is 4.20. The molecule has 0 aliphatic rings. The van der Waals surface area contributed by atoms with E-state index in [1.165, 1.54) is 24.3 Å². The molecule has 1 aromatic carbocycles. The Kier molecular flexibility index (Phi) is 12.6. The molecule has 0 unspecified atom stereocenters. The number of nitro benzene ring substituents is 1. The van der Waals surface area contributed by atoms with Gasteiger partial charge in [-0.25, -0.2) is 9.59 Å². The molecule has 0 aromatic heterocycles.